The molecule has 0 bridgehead atoms. The molecule has 3 heterocycles. The van der Waals surface area contributed by atoms with E-state index in [0.717, 1.165) is 0 Å². The van der Waals surface area contributed by atoms with Crippen molar-refractivity contribution >= 4 is 29.0 Å². The lowest BCUT2D eigenvalue weighted by Gasteiger charge is -2.29. The van der Waals surface area contributed by atoms with Gasteiger partial charge in [-0.25, -0.2) is 9.37 Å². The van der Waals surface area contributed by atoms with Gasteiger partial charge >= 0.3 is 0 Å². The van der Waals surface area contributed by atoms with Gasteiger partial charge in [-0.05, 0) is 17.5 Å². The van der Waals surface area contributed by atoms with Gasteiger partial charge in [-0.3, -0.25) is 4.79 Å². The Morgan fingerprint density at radius 3 is 2.88 bits per heavy atom. The molecule has 1 saturated heterocycles. The van der Waals surface area contributed by atoms with E-state index in [2.05, 4.69) is 9.97 Å². The molecule has 1 aliphatic heterocycles. The number of hydrogen-bond donors (Lipinski definition) is 0. The molecule has 1 fully saturated rings. The summed E-state index contributed by atoms with van der Waals surface area (Å²) in [5.74, 6) is 1.25. The minimum atomic E-state index is -0.923. The van der Waals surface area contributed by atoms with Crippen LogP contribution in [-0.4, -0.2) is 67.2 Å². The zero-order chi connectivity index (χ0) is 18.0. The van der Waals surface area contributed by atoms with Crippen molar-refractivity contribution in [1.82, 2.24) is 14.9 Å². The summed E-state index contributed by atoms with van der Waals surface area (Å²) in [6.45, 7) is 0.744. The summed E-state index contributed by atoms with van der Waals surface area (Å²) in [6, 6.07) is 5.35. The van der Waals surface area contributed by atoms with Crippen molar-refractivity contribution in [3.8, 4) is 0 Å². The summed E-state index contributed by atoms with van der Waals surface area (Å²) in [5, 5.41) is 1.88. The Labute approximate surface area is 150 Å². The van der Waals surface area contributed by atoms with Crippen LogP contribution >= 0.6 is 11.3 Å². The maximum absolute atomic E-state index is 14.1. The molecular weight excluding hydrogens is 341 g/mol. The van der Waals surface area contributed by atoms with Crippen molar-refractivity contribution in [2.24, 2.45) is 0 Å². The molecule has 0 N–H and O–H groups in total. The maximum atomic E-state index is 14.1. The zero-order valence-electron chi connectivity index (χ0n) is 14.6. The third-order valence-corrected chi connectivity index (χ3v) is 5.11. The molecule has 6 nitrogen and oxygen atoms in total. The van der Waals surface area contributed by atoms with Crippen LogP contribution in [0.15, 0.2) is 29.8 Å². The molecule has 0 unspecified atom stereocenters. The molecule has 0 saturated carbocycles. The second kappa shape index (κ2) is 7.35. The molecule has 0 aliphatic carbocycles. The lowest BCUT2D eigenvalue weighted by atomic mass is 10.2. The number of nitrogens with zero attached hydrogens (tertiary/aromatic N) is 5. The van der Waals surface area contributed by atoms with E-state index in [1.807, 2.05) is 41.4 Å². The smallest absolute Gasteiger partial charge is 0.263 e. The second-order valence-electron chi connectivity index (χ2n) is 6.41. The van der Waals surface area contributed by atoms with Gasteiger partial charge in [0.05, 0.1) is 17.5 Å². The van der Waals surface area contributed by atoms with E-state index in [9.17, 15) is 9.18 Å². The topological polar surface area (TPSA) is 52.6 Å². The van der Waals surface area contributed by atoms with Crippen molar-refractivity contribution in [2.75, 3.05) is 44.0 Å². The van der Waals surface area contributed by atoms with Gasteiger partial charge in [0.15, 0.2) is 0 Å². The predicted molar refractivity (Wildman–Crippen MR) is 98.3 cm³/mol. The number of carbonyl (C=O) groups is 1. The summed E-state index contributed by atoms with van der Waals surface area (Å²) in [7, 11) is 5.50. The summed E-state index contributed by atoms with van der Waals surface area (Å²) in [4.78, 5) is 27.3. The first kappa shape index (κ1) is 17.6. The van der Waals surface area contributed by atoms with E-state index in [0.29, 0.717) is 29.6 Å². The molecule has 1 aliphatic rings. The van der Waals surface area contributed by atoms with Gasteiger partial charge < -0.3 is 14.7 Å². The van der Waals surface area contributed by atoms with Crippen LogP contribution in [0, 0.1) is 0 Å². The van der Waals surface area contributed by atoms with Crippen LogP contribution in [0.3, 0.4) is 0 Å². The Morgan fingerprint density at radius 2 is 2.20 bits per heavy atom. The molecule has 8 heteroatoms. The van der Waals surface area contributed by atoms with E-state index < -0.39 is 6.17 Å². The van der Waals surface area contributed by atoms with E-state index in [4.69, 9.17) is 0 Å². The maximum Gasteiger partial charge on any atom is 0.263 e. The van der Waals surface area contributed by atoms with Crippen LogP contribution in [0.1, 0.15) is 16.1 Å². The Bertz CT molecular complexity index is 724. The van der Waals surface area contributed by atoms with Crippen molar-refractivity contribution < 1.29 is 9.18 Å². The molecule has 3 rings (SSSR count). The van der Waals surface area contributed by atoms with Gasteiger partial charge in [0.1, 0.15) is 12.0 Å². The predicted octanol–water partition coefficient (Wildman–Crippen LogP) is 2.29. The monoisotopic (exact) mass is 363 g/mol. The third-order valence-electron chi connectivity index (χ3n) is 4.25. The van der Waals surface area contributed by atoms with Crippen molar-refractivity contribution in [2.45, 2.75) is 18.6 Å². The number of halogens is 1. The van der Waals surface area contributed by atoms with Crippen LogP contribution in [0.5, 0.6) is 0 Å². The molecule has 0 spiro atoms. The summed E-state index contributed by atoms with van der Waals surface area (Å²) < 4.78 is 14.1. The van der Waals surface area contributed by atoms with Crippen molar-refractivity contribution in [3.05, 3.63) is 34.7 Å². The molecule has 134 valence electrons. The molecule has 2 aromatic heterocycles. The minimum Gasteiger partial charge on any atom is -0.349 e. The van der Waals surface area contributed by atoms with E-state index in [1.54, 1.807) is 24.2 Å². The largest absolute Gasteiger partial charge is 0.349 e. The molecule has 0 radical (unpaired) electrons. The Balaban J connectivity index is 1.75. The fourth-order valence-corrected chi connectivity index (χ4v) is 3.73. The van der Waals surface area contributed by atoms with E-state index in [-0.39, 0.29) is 18.5 Å². The molecular formula is C17H22FN5OS. The molecule has 2 aromatic rings. The number of aromatic nitrogens is 2. The first-order valence-corrected chi connectivity index (χ1v) is 9.03. The average molecular weight is 363 g/mol. The van der Waals surface area contributed by atoms with Gasteiger partial charge in [-0.15, -0.1) is 11.3 Å². The van der Waals surface area contributed by atoms with Crippen LogP contribution in [0.25, 0.3) is 0 Å². The quantitative estimate of drug-likeness (QED) is 0.816. The minimum absolute atomic E-state index is 0.0334. The zero-order valence-corrected chi connectivity index (χ0v) is 15.4. The SMILES string of the molecule is CN(C[C@@H]1C[C@H](F)CN1c1ccnc(N(C)C)n1)C(=O)c1cccs1. The number of likely N-dealkylation sites (N-methyl/N-ethyl adjacent to an activating group) is 1. The van der Waals surface area contributed by atoms with Crippen LogP contribution in [0.4, 0.5) is 16.2 Å². The van der Waals surface area contributed by atoms with E-state index >= 15 is 0 Å². The van der Waals surface area contributed by atoms with Gasteiger partial charge in [0.2, 0.25) is 5.95 Å². The number of thiophene rings is 1. The van der Waals surface area contributed by atoms with E-state index in [1.165, 1.54) is 11.3 Å². The molecule has 2 atom stereocenters. The first-order chi connectivity index (χ1) is 12.0. The summed E-state index contributed by atoms with van der Waals surface area (Å²) in [5.41, 5.74) is 0. The van der Waals surface area contributed by atoms with Crippen LogP contribution in [-0.2, 0) is 0 Å². The van der Waals surface area contributed by atoms with Gasteiger partial charge in [-0.1, -0.05) is 6.07 Å². The standard InChI is InChI=1S/C17H22FN5OS/c1-21(2)17-19-7-6-15(20-17)23-10-12(18)9-13(23)11-22(3)16(24)14-5-4-8-25-14/h4-8,12-13H,9-11H2,1-3H3/t12-,13-/m0/s1. The van der Waals surface area contributed by atoms with Crippen LogP contribution < -0.4 is 9.80 Å². The van der Waals surface area contributed by atoms with Gasteiger partial charge in [0, 0.05) is 40.3 Å². The Morgan fingerprint density at radius 1 is 1.40 bits per heavy atom. The first-order valence-electron chi connectivity index (χ1n) is 8.15. The fourth-order valence-electron chi connectivity index (χ4n) is 3.02. The fraction of sp³-hybridized carbons (Fsp3) is 0.471. The highest BCUT2D eigenvalue weighted by Crippen LogP contribution is 2.27. The lowest BCUT2D eigenvalue weighted by Crippen LogP contribution is -2.41. The number of carbonyl (C=O) groups excluding carboxylic acids is 1. The molecule has 1 amide bonds. The third kappa shape index (κ3) is 3.89. The number of anilines is 2. The second-order valence-corrected chi connectivity index (χ2v) is 7.36. The Kier molecular flexibility index (Phi) is 5.17. The molecule has 0 aromatic carbocycles. The number of hydrogen-bond acceptors (Lipinski definition) is 6. The highest BCUT2D eigenvalue weighted by Gasteiger charge is 2.34. The van der Waals surface area contributed by atoms with Crippen molar-refractivity contribution in [1.29, 1.82) is 0 Å². The lowest BCUT2D eigenvalue weighted by molar-refractivity contribution is 0.0790. The summed E-state index contributed by atoms with van der Waals surface area (Å²) in [6.07, 6.45) is 1.15. The highest BCUT2D eigenvalue weighted by molar-refractivity contribution is 7.12. The van der Waals surface area contributed by atoms with Gasteiger partial charge in [0.25, 0.3) is 5.91 Å². The normalized spacial score (nSPS) is 19.9. The summed E-state index contributed by atoms with van der Waals surface area (Å²) >= 11 is 1.42. The van der Waals surface area contributed by atoms with Gasteiger partial charge in [-0.2, -0.15) is 4.98 Å². The number of alkyl halides is 1. The van der Waals surface area contributed by atoms with Crippen molar-refractivity contribution in [3.63, 3.8) is 0 Å². The number of amides is 1. The number of rotatable bonds is 5. The average Bonchev–Trinajstić information content (AvgIpc) is 3.24. The molecule has 25 heavy (non-hydrogen) atoms. The Hall–Kier alpha value is -2.22. The van der Waals surface area contributed by atoms with Crippen LogP contribution in [0.2, 0.25) is 0 Å². The highest BCUT2D eigenvalue weighted by atomic mass is 32.1.